The van der Waals surface area contributed by atoms with Crippen LogP contribution in [0.5, 0.6) is 0 Å². The van der Waals surface area contributed by atoms with Crippen LogP contribution in [-0.4, -0.2) is 22.0 Å². The number of hydrogen-bond acceptors (Lipinski definition) is 4. The molecule has 0 saturated carbocycles. The number of nitrogens with one attached hydrogen (secondary N) is 1. The van der Waals surface area contributed by atoms with E-state index in [0.717, 1.165) is 0 Å². The normalized spacial score (nSPS) is 14.4. The summed E-state index contributed by atoms with van der Waals surface area (Å²) in [5, 5.41) is 4.41. The molecule has 0 aromatic heterocycles. The van der Waals surface area contributed by atoms with E-state index in [-0.39, 0.29) is 4.90 Å². The number of halogens is 1. The predicted octanol–water partition coefficient (Wildman–Crippen LogP) is 0.511. The summed E-state index contributed by atoms with van der Waals surface area (Å²) >= 11 is 5.26. The fourth-order valence-electron chi connectivity index (χ4n) is 1.32. The highest BCUT2D eigenvalue weighted by atomic mass is 35.5. The Kier molecular flexibility index (Phi) is 4.73. The molecular weight excluding hydrogens is 300 g/mol. The van der Waals surface area contributed by atoms with Gasteiger partial charge in [0.05, 0.1) is 4.90 Å². The fourth-order valence-corrected chi connectivity index (χ4v) is 2.76. The topological polar surface area (TPSA) is 106 Å². The molecule has 6 nitrogen and oxygen atoms in total. The minimum absolute atomic E-state index is 0.0290. The molecule has 18 heavy (non-hydrogen) atoms. The molecule has 0 saturated heterocycles. The van der Waals surface area contributed by atoms with Crippen LogP contribution in [0.4, 0.5) is 0 Å². The first-order valence-corrected chi connectivity index (χ1v) is 8.58. The Morgan fingerprint density at radius 1 is 1.22 bits per heavy atom. The van der Waals surface area contributed by atoms with Crippen LogP contribution in [-0.2, 0) is 20.0 Å². The third-order valence-electron chi connectivity index (χ3n) is 2.21. The maximum Gasteiger partial charge on any atom is 0.238 e. The summed E-state index contributed by atoms with van der Waals surface area (Å²) in [4.78, 5) is -0.0290. The molecule has 1 rings (SSSR count). The molecule has 3 N–H and O–H groups in total. The standard InChI is InChI=1S/C9H13ClN2O4S2/c1-7(12-17(13,14)6-10)8-2-4-9(5-3-8)18(11,15)16/h2-5,7,12H,6H2,1H3,(H2,11,15,16). The maximum absolute atomic E-state index is 11.3. The molecule has 1 atom stereocenters. The van der Waals surface area contributed by atoms with Crippen molar-refractivity contribution in [3.63, 3.8) is 0 Å². The van der Waals surface area contributed by atoms with Crippen molar-refractivity contribution >= 4 is 31.6 Å². The van der Waals surface area contributed by atoms with Crippen LogP contribution in [0.2, 0.25) is 0 Å². The number of benzene rings is 1. The third kappa shape index (κ3) is 4.21. The molecule has 9 heteroatoms. The summed E-state index contributed by atoms with van der Waals surface area (Å²) in [6.07, 6.45) is 0. The van der Waals surface area contributed by atoms with E-state index >= 15 is 0 Å². The summed E-state index contributed by atoms with van der Waals surface area (Å²) in [5.41, 5.74) is 0.607. The van der Waals surface area contributed by atoms with Crippen LogP contribution in [0.25, 0.3) is 0 Å². The zero-order valence-electron chi connectivity index (χ0n) is 9.50. The second-order valence-electron chi connectivity index (χ2n) is 3.68. The van der Waals surface area contributed by atoms with E-state index in [1.807, 2.05) is 0 Å². The van der Waals surface area contributed by atoms with Gasteiger partial charge in [0.25, 0.3) is 0 Å². The lowest BCUT2D eigenvalue weighted by Gasteiger charge is -2.13. The van der Waals surface area contributed by atoms with Crippen LogP contribution in [0.15, 0.2) is 29.2 Å². The van der Waals surface area contributed by atoms with E-state index in [4.69, 9.17) is 16.7 Å². The van der Waals surface area contributed by atoms with E-state index in [1.165, 1.54) is 24.3 Å². The summed E-state index contributed by atoms with van der Waals surface area (Å²) in [7, 11) is -7.28. The number of primary sulfonamides is 1. The predicted molar refractivity (Wildman–Crippen MR) is 69.0 cm³/mol. The molecule has 1 unspecified atom stereocenters. The molecule has 102 valence electrons. The van der Waals surface area contributed by atoms with Gasteiger partial charge in [-0.1, -0.05) is 12.1 Å². The molecule has 0 radical (unpaired) electrons. The van der Waals surface area contributed by atoms with E-state index < -0.39 is 31.3 Å². The Balaban J connectivity index is 2.93. The van der Waals surface area contributed by atoms with Crippen molar-refractivity contribution in [1.29, 1.82) is 0 Å². The zero-order valence-corrected chi connectivity index (χ0v) is 11.9. The van der Waals surface area contributed by atoms with E-state index in [9.17, 15) is 16.8 Å². The lowest BCUT2D eigenvalue weighted by molar-refractivity contribution is 0.571. The number of hydrogen-bond donors (Lipinski definition) is 2. The second-order valence-corrected chi connectivity index (χ2v) is 7.58. The number of alkyl halides is 1. The van der Waals surface area contributed by atoms with Gasteiger partial charge in [0.2, 0.25) is 20.0 Å². The molecule has 0 spiro atoms. The summed E-state index contributed by atoms with van der Waals surface area (Å²) in [5.74, 6) is 0. The smallest absolute Gasteiger partial charge is 0.225 e. The fraction of sp³-hybridized carbons (Fsp3) is 0.333. The molecule has 0 aliphatic heterocycles. The minimum atomic E-state index is -3.74. The zero-order chi connectivity index (χ0) is 14.0. The molecule has 1 aromatic carbocycles. The Labute approximate surface area is 111 Å². The van der Waals surface area contributed by atoms with Crippen molar-refractivity contribution in [2.24, 2.45) is 5.14 Å². The van der Waals surface area contributed by atoms with Crippen molar-refractivity contribution in [1.82, 2.24) is 4.72 Å². The maximum atomic E-state index is 11.3. The first-order valence-electron chi connectivity index (χ1n) is 4.84. The Morgan fingerprint density at radius 2 is 1.72 bits per heavy atom. The highest BCUT2D eigenvalue weighted by Crippen LogP contribution is 2.16. The van der Waals surface area contributed by atoms with E-state index in [2.05, 4.69) is 4.72 Å². The van der Waals surface area contributed by atoms with Crippen molar-refractivity contribution in [2.45, 2.75) is 17.9 Å². The van der Waals surface area contributed by atoms with Gasteiger partial charge < -0.3 is 0 Å². The minimum Gasteiger partial charge on any atom is -0.225 e. The Bertz CT molecular complexity index is 610. The molecule has 0 amide bonds. The van der Waals surface area contributed by atoms with Crippen LogP contribution in [0.1, 0.15) is 18.5 Å². The summed E-state index contributed by atoms with van der Waals surface area (Å²) in [6.45, 7) is 1.62. The molecule has 1 aromatic rings. The van der Waals surface area contributed by atoms with Gasteiger partial charge in [0.1, 0.15) is 5.21 Å². The van der Waals surface area contributed by atoms with Gasteiger partial charge in [0.15, 0.2) is 0 Å². The van der Waals surface area contributed by atoms with Crippen molar-refractivity contribution in [3.05, 3.63) is 29.8 Å². The van der Waals surface area contributed by atoms with Crippen molar-refractivity contribution in [3.8, 4) is 0 Å². The van der Waals surface area contributed by atoms with E-state index in [1.54, 1.807) is 6.92 Å². The van der Waals surface area contributed by atoms with Gasteiger partial charge >= 0.3 is 0 Å². The van der Waals surface area contributed by atoms with Gasteiger partial charge in [-0.05, 0) is 24.6 Å². The highest BCUT2D eigenvalue weighted by Gasteiger charge is 2.15. The van der Waals surface area contributed by atoms with Crippen LogP contribution in [0, 0.1) is 0 Å². The number of sulfonamides is 2. The van der Waals surface area contributed by atoms with Crippen molar-refractivity contribution in [2.75, 3.05) is 5.21 Å². The first-order chi connectivity index (χ1) is 8.15. The molecule has 0 bridgehead atoms. The van der Waals surface area contributed by atoms with Crippen LogP contribution < -0.4 is 9.86 Å². The van der Waals surface area contributed by atoms with Gasteiger partial charge in [-0.15, -0.1) is 11.6 Å². The van der Waals surface area contributed by atoms with Gasteiger partial charge in [-0.2, -0.15) is 0 Å². The average molecular weight is 313 g/mol. The number of rotatable bonds is 5. The van der Waals surface area contributed by atoms with Gasteiger partial charge in [-0.25, -0.2) is 26.7 Å². The lowest BCUT2D eigenvalue weighted by atomic mass is 10.1. The quantitative estimate of drug-likeness (QED) is 0.772. The van der Waals surface area contributed by atoms with Gasteiger partial charge in [-0.3, -0.25) is 0 Å². The SMILES string of the molecule is CC(NS(=O)(=O)CCl)c1ccc(S(N)(=O)=O)cc1. The second kappa shape index (κ2) is 5.54. The number of nitrogens with two attached hydrogens (primary N) is 1. The monoisotopic (exact) mass is 312 g/mol. The average Bonchev–Trinajstić information content (AvgIpc) is 2.27. The van der Waals surface area contributed by atoms with E-state index in [0.29, 0.717) is 5.56 Å². The molecule has 0 fully saturated rings. The van der Waals surface area contributed by atoms with Crippen molar-refractivity contribution < 1.29 is 16.8 Å². The van der Waals surface area contributed by atoms with Crippen LogP contribution >= 0.6 is 11.6 Å². The third-order valence-corrected chi connectivity index (χ3v) is 5.00. The Morgan fingerprint density at radius 3 is 2.11 bits per heavy atom. The Hall–Kier alpha value is -0.670. The van der Waals surface area contributed by atoms with Gasteiger partial charge in [0, 0.05) is 6.04 Å². The highest BCUT2D eigenvalue weighted by molar-refractivity contribution is 7.90. The molecule has 0 heterocycles. The molecule has 0 aliphatic rings. The van der Waals surface area contributed by atoms with Crippen LogP contribution in [0.3, 0.4) is 0 Å². The first kappa shape index (κ1) is 15.4. The lowest BCUT2D eigenvalue weighted by Crippen LogP contribution is -2.27. The summed E-state index contributed by atoms with van der Waals surface area (Å²) in [6, 6.07) is 5.09. The largest absolute Gasteiger partial charge is 0.238 e. The molecular formula is C9H13ClN2O4S2. The summed E-state index contributed by atoms with van der Waals surface area (Å²) < 4.78 is 46.9. The molecule has 0 aliphatic carbocycles.